The summed E-state index contributed by atoms with van der Waals surface area (Å²) in [6.07, 6.45) is 0. The van der Waals surface area contributed by atoms with Crippen molar-refractivity contribution in [2.24, 2.45) is 0 Å². The Morgan fingerprint density at radius 3 is 2.00 bits per heavy atom. The first-order chi connectivity index (χ1) is 5.99. The van der Waals surface area contributed by atoms with E-state index in [0.29, 0.717) is 6.47 Å². The van der Waals surface area contributed by atoms with Gasteiger partial charge < -0.3 is 10.1 Å². The molecule has 0 amide bonds. The van der Waals surface area contributed by atoms with Crippen molar-refractivity contribution >= 4 is 12.4 Å². The average Bonchev–Trinajstić information content (AvgIpc) is 1.82. The van der Waals surface area contributed by atoms with Gasteiger partial charge in [-0.1, -0.05) is 0 Å². The van der Waals surface area contributed by atoms with E-state index in [1.807, 2.05) is 20.8 Å². The van der Waals surface area contributed by atoms with Gasteiger partial charge in [-0.25, -0.2) is 4.79 Å². The van der Waals surface area contributed by atoms with Gasteiger partial charge in [0.25, 0.3) is 6.47 Å². The van der Waals surface area contributed by atoms with Crippen LogP contribution in [0.3, 0.4) is 0 Å². The van der Waals surface area contributed by atoms with Crippen LogP contribution >= 0.6 is 0 Å². The van der Waals surface area contributed by atoms with E-state index in [2.05, 4.69) is 10.1 Å². The minimum Gasteiger partial charge on any atom is -0.462 e. The molecule has 1 fully saturated rings. The molecule has 0 aliphatic carbocycles. The maximum absolute atomic E-state index is 9.60. The van der Waals surface area contributed by atoms with Crippen molar-refractivity contribution < 1.29 is 14.3 Å². The third-order valence-electron chi connectivity index (χ3n) is 1.22. The minimum absolute atomic E-state index is 0.318. The first kappa shape index (κ1) is 11.9. The van der Waals surface area contributed by atoms with Gasteiger partial charge >= 0.3 is 0 Å². The molecule has 1 aliphatic heterocycles. The summed E-state index contributed by atoms with van der Waals surface area (Å²) in [6, 6.07) is 0. The standard InChI is InChI=1S/C5H10O2.C4H5NO/c1-5(2,3)7-4-6;6-3-4-1-5-2-4/h4H,1-3H3;5H,1-2H2. The lowest BCUT2D eigenvalue weighted by Crippen LogP contribution is -2.33. The molecule has 0 aromatic carbocycles. The van der Waals surface area contributed by atoms with E-state index in [9.17, 15) is 9.59 Å². The van der Waals surface area contributed by atoms with Crippen molar-refractivity contribution in [2.45, 2.75) is 26.4 Å². The van der Waals surface area contributed by atoms with Crippen molar-refractivity contribution in [1.82, 2.24) is 5.32 Å². The molecular weight excluding hydrogens is 170 g/mol. The molecule has 0 unspecified atom stereocenters. The molecule has 0 aromatic heterocycles. The fourth-order valence-corrected chi connectivity index (χ4v) is 0.467. The molecule has 1 rings (SSSR count). The highest BCUT2D eigenvalue weighted by Gasteiger charge is 2.07. The van der Waals surface area contributed by atoms with Crippen LogP contribution < -0.4 is 5.32 Å². The molecule has 0 bridgehead atoms. The van der Waals surface area contributed by atoms with E-state index in [-0.39, 0.29) is 5.60 Å². The average molecular weight is 185 g/mol. The molecule has 0 atom stereocenters. The molecule has 4 nitrogen and oxygen atoms in total. The Bertz CT molecular complexity index is 205. The van der Waals surface area contributed by atoms with E-state index in [0.717, 1.165) is 18.7 Å². The van der Waals surface area contributed by atoms with E-state index in [4.69, 9.17) is 0 Å². The highest BCUT2D eigenvalue weighted by atomic mass is 16.5. The summed E-state index contributed by atoms with van der Waals surface area (Å²) in [5.74, 6) is 1.81. The molecule has 4 heteroatoms. The zero-order chi connectivity index (χ0) is 10.3. The second-order valence-corrected chi connectivity index (χ2v) is 3.64. The van der Waals surface area contributed by atoms with Crippen LogP contribution in [0.5, 0.6) is 0 Å². The third-order valence-corrected chi connectivity index (χ3v) is 1.22. The van der Waals surface area contributed by atoms with Gasteiger partial charge in [0.1, 0.15) is 11.5 Å². The van der Waals surface area contributed by atoms with Gasteiger partial charge in [0.05, 0.1) is 0 Å². The van der Waals surface area contributed by atoms with Crippen molar-refractivity contribution in [2.75, 3.05) is 13.1 Å². The van der Waals surface area contributed by atoms with Gasteiger partial charge in [-0.2, -0.15) is 0 Å². The van der Waals surface area contributed by atoms with Gasteiger partial charge in [0, 0.05) is 18.7 Å². The van der Waals surface area contributed by atoms with Crippen molar-refractivity contribution in [3.8, 4) is 0 Å². The second kappa shape index (κ2) is 5.51. The monoisotopic (exact) mass is 185 g/mol. The zero-order valence-corrected chi connectivity index (χ0v) is 8.22. The van der Waals surface area contributed by atoms with Crippen LogP contribution in [-0.4, -0.2) is 31.1 Å². The number of hydrogen-bond acceptors (Lipinski definition) is 4. The van der Waals surface area contributed by atoms with Crippen LogP contribution in [0.15, 0.2) is 5.57 Å². The summed E-state index contributed by atoms with van der Waals surface area (Å²) < 4.78 is 4.55. The zero-order valence-electron chi connectivity index (χ0n) is 8.22. The molecule has 74 valence electrons. The molecule has 1 saturated heterocycles. The number of carbonyl (C=O) groups is 1. The summed E-state index contributed by atoms with van der Waals surface area (Å²) in [5, 5.41) is 2.91. The molecule has 1 aliphatic rings. The quantitative estimate of drug-likeness (QED) is 0.471. The van der Waals surface area contributed by atoms with Crippen molar-refractivity contribution in [3.05, 3.63) is 5.57 Å². The van der Waals surface area contributed by atoms with Crippen LogP contribution in [0.25, 0.3) is 0 Å². The first-order valence-electron chi connectivity index (χ1n) is 4.04. The van der Waals surface area contributed by atoms with Crippen molar-refractivity contribution in [1.29, 1.82) is 0 Å². The highest BCUT2D eigenvalue weighted by Crippen LogP contribution is 2.02. The highest BCUT2D eigenvalue weighted by molar-refractivity contribution is 5.55. The molecule has 0 spiro atoms. The van der Waals surface area contributed by atoms with Crippen LogP contribution in [0.2, 0.25) is 0 Å². The Kier molecular flexibility index (Phi) is 5.04. The summed E-state index contributed by atoms with van der Waals surface area (Å²) >= 11 is 0. The lowest BCUT2D eigenvalue weighted by Gasteiger charge is -2.14. The third kappa shape index (κ3) is 7.25. The van der Waals surface area contributed by atoms with Gasteiger partial charge in [0.2, 0.25) is 0 Å². The van der Waals surface area contributed by atoms with Crippen molar-refractivity contribution in [3.63, 3.8) is 0 Å². The Balaban J connectivity index is 0.000000223. The number of rotatable bonds is 1. The Morgan fingerprint density at radius 1 is 1.46 bits per heavy atom. The van der Waals surface area contributed by atoms with E-state index < -0.39 is 0 Å². The topological polar surface area (TPSA) is 55.4 Å². The van der Waals surface area contributed by atoms with Gasteiger partial charge in [-0.3, -0.25) is 4.79 Å². The predicted molar refractivity (Wildman–Crippen MR) is 49.0 cm³/mol. The molecular formula is C9H15NO3. The molecule has 0 radical (unpaired) electrons. The minimum atomic E-state index is -0.318. The van der Waals surface area contributed by atoms with E-state index in [1.165, 1.54) is 0 Å². The maximum Gasteiger partial charge on any atom is 0.293 e. The van der Waals surface area contributed by atoms with E-state index in [1.54, 1.807) is 5.94 Å². The lowest BCUT2D eigenvalue weighted by atomic mass is 10.2. The lowest BCUT2D eigenvalue weighted by molar-refractivity contribution is -0.138. The fraction of sp³-hybridized carbons (Fsp3) is 0.667. The molecule has 1 N–H and O–H groups in total. The fourth-order valence-electron chi connectivity index (χ4n) is 0.467. The SMILES string of the molecule is CC(C)(C)OC=O.O=C=C1CNC1. The van der Waals surface area contributed by atoms with Crippen LogP contribution in [0.4, 0.5) is 0 Å². The second-order valence-electron chi connectivity index (χ2n) is 3.64. The van der Waals surface area contributed by atoms with Gasteiger partial charge in [-0.15, -0.1) is 0 Å². The largest absolute Gasteiger partial charge is 0.462 e. The molecule has 13 heavy (non-hydrogen) atoms. The van der Waals surface area contributed by atoms with Crippen LogP contribution in [0.1, 0.15) is 20.8 Å². The first-order valence-corrected chi connectivity index (χ1v) is 4.04. The Labute approximate surface area is 78.0 Å². The summed E-state index contributed by atoms with van der Waals surface area (Å²) in [6.45, 7) is 7.43. The Morgan fingerprint density at radius 2 is 2.00 bits per heavy atom. The molecule has 0 saturated carbocycles. The number of carbonyl (C=O) groups excluding carboxylic acids is 2. The normalized spacial score (nSPS) is 14.5. The number of nitrogens with one attached hydrogen (secondary N) is 1. The van der Waals surface area contributed by atoms with E-state index >= 15 is 0 Å². The van der Waals surface area contributed by atoms with Gasteiger partial charge in [0.15, 0.2) is 0 Å². The smallest absolute Gasteiger partial charge is 0.293 e. The summed E-state index contributed by atoms with van der Waals surface area (Å²) in [7, 11) is 0. The Hall–Kier alpha value is -1.12. The van der Waals surface area contributed by atoms with Crippen LogP contribution in [0, 0.1) is 0 Å². The summed E-state index contributed by atoms with van der Waals surface area (Å²) in [5.41, 5.74) is 0.539. The van der Waals surface area contributed by atoms with Gasteiger partial charge in [-0.05, 0) is 20.8 Å². The summed E-state index contributed by atoms with van der Waals surface area (Å²) in [4.78, 5) is 19.2. The predicted octanol–water partition coefficient (Wildman–Crippen LogP) is 0.305. The van der Waals surface area contributed by atoms with Crippen LogP contribution in [-0.2, 0) is 14.3 Å². The number of ether oxygens (including phenoxy) is 1. The molecule has 1 heterocycles. The maximum atomic E-state index is 9.60. The molecule has 0 aromatic rings. The number of hydrogen-bond donors (Lipinski definition) is 1.